The summed E-state index contributed by atoms with van der Waals surface area (Å²) in [6.07, 6.45) is 1.60. The van der Waals surface area contributed by atoms with Crippen LogP contribution in [0.25, 0.3) is 0 Å². The van der Waals surface area contributed by atoms with Crippen LogP contribution >= 0.6 is 11.3 Å². The third kappa shape index (κ3) is 2.04. The molecule has 2 N–H and O–H groups in total. The second-order valence-corrected chi connectivity index (χ2v) is 4.75. The van der Waals surface area contributed by atoms with Crippen LogP contribution in [-0.4, -0.2) is 15.9 Å². The van der Waals surface area contributed by atoms with E-state index in [0.717, 1.165) is 18.8 Å². The molecule has 0 saturated carbocycles. The number of aromatic nitrogens is 2. The highest BCUT2D eigenvalue weighted by atomic mass is 32.1. The van der Waals surface area contributed by atoms with Crippen molar-refractivity contribution in [2.75, 3.05) is 5.32 Å². The zero-order chi connectivity index (χ0) is 11.7. The van der Waals surface area contributed by atoms with Gasteiger partial charge in [0.05, 0.1) is 5.69 Å². The van der Waals surface area contributed by atoms with Gasteiger partial charge in [-0.15, -0.1) is 11.3 Å². The van der Waals surface area contributed by atoms with Gasteiger partial charge in [0.25, 0.3) is 5.91 Å². The van der Waals surface area contributed by atoms with Crippen molar-refractivity contribution in [3.8, 4) is 0 Å². The fraction of sp³-hybridized carbons (Fsp3) is 0.182. The standard InChI is InChI=1S/C11H10N4OS/c16-10(7-3-1-2-4-13-7)15-11-14-8-5-12-6-9(8)17-11/h1-4,12H,5-6H2,(H,14,15,16). The first-order valence-corrected chi connectivity index (χ1v) is 6.06. The molecule has 1 amide bonds. The summed E-state index contributed by atoms with van der Waals surface area (Å²) < 4.78 is 0. The summed E-state index contributed by atoms with van der Waals surface area (Å²) in [6, 6.07) is 5.24. The molecule has 0 spiro atoms. The van der Waals surface area contributed by atoms with E-state index in [4.69, 9.17) is 0 Å². The third-order valence-electron chi connectivity index (χ3n) is 2.47. The second-order valence-electron chi connectivity index (χ2n) is 3.66. The summed E-state index contributed by atoms with van der Waals surface area (Å²) in [5, 5.41) is 6.61. The Labute approximate surface area is 102 Å². The van der Waals surface area contributed by atoms with Crippen molar-refractivity contribution in [3.05, 3.63) is 40.7 Å². The molecule has 86 valence electrons. The van der Waals surface area contributed by atoms with Crippen molar-refractivity contribution in [2.24, 2.45) is 0 Å². The molecule has 0 aliphatic carbocycles. The quantitative estimate of drug-likeness (QED) is 0.840. The van der Waals surface area contributed by atoms with Gasteiger partial charge in [0.1, 0.15) is 5.69 Å². The number of hydrogen-bond donors (Lipinski definition) is 2. The lowest BCUT2D eigenvalue weighted by Crippen LogP contribution is -2.13. The summed E-state index contributed by atoms with van der Waals surface area (Å²) in [6.45, 7) is 1.62. The topological polar surface area (TPSA) is 66.9 Å². The maximum atomic E-state index is 11.8. The van der Waals surface area contributed by atoms with E-state index in [-0.39, 0.29) is 5.91 Å². The molecule has 2 aromatic rings. The largest absolute Gasteiger partial charge is 0.306 e. The Morgan fingerprint density at radius 1 is 1.41 bits per heavy atom. The van der Waals surface area contributed by atoms with Gasteiger partial charge in [-0.25, -0.2) is 4.98 Å². The lowest BCUT2D eigenvalue weighted by molar-refractivity contribution is 0.102. The van der Waals surface area contributed by atoms with Crippen molar-refractivity contribution in [1.82, 2.24) is 15.3 Å². The molecule has 1 aliphatic heterocycles. The van der Waals surface area contributed by atoms with Gasteiger partial charge in [-0.1, -0.05) is 6.07 Å². The lowest BCUT2D eigenvalue weighted by atomic mass is 10.3. The molecule has 0 radical (unpaired) electrons. The molecule has 3 heterocycles. The van der Waals surface area contributed by atoms with Gasteiger partial charge in [0, 0.05) is 24.2 Å². The summed E-state index contributed by atoms with van der Waals surface area (Å²) in [5.41, 5.74) is 1.44. The zero-order valence-corrected chi connectivity index (χ0v) is 9.75. The van der Waals surface area contributed by atoms with Crippen molar-refractivity contribution < 1.29 is 4.79 Å². The van der Waals surface area contributed by atoms with Crippen LogP contribution in [0.15, 0.2) is 24.4 Å². The van der Waals surface area contributed by atoms with E-state index < -0.39 is 0 Å². The Hall–Kier alpha value is -1.79. The summed E-state index contributed by atoms with van der Waals surface area (Å²) in [7, 11) is 0. The minimum Gasteiger partial charge on any atom is -0.306 e. The van der Waals surface area contributed by atoms with E-state index in [9.17, 15) is 4.79 Å². The highest BCUT2D eigenvalue weighted by Gasteiger charge is 2.17. The van der Waals surface area contributed by atoms with E-state index in [2.05, 4.69) is 20.6 Å². The average molecular weight is 246 g/mol. The molecule has 0 bridgehead atoms. The first-order valence-electron chi connectivity index (χ1n) is 5.24. The zero-order valence-electron chi connectivity index (χ0n) is 8.93. The normalized spacial score (nSPS) is 13.4. The number of pyridine rings is 1. The van der Waals surface area contributed by atoms with E-state index in [1.54, 1.807) is 24.4 Å². The highest BCUT2D eigenvalue weighted by molar-refractivity contribution is 7.15. The minimum absolute atomic E-state index is 0.217. The van der Waals surface area contributed by atoms with Crippen molar-refractivity contribution >= 4 is 22.4 Å². The predicted octanol–water partition coefficient (Wildman–Crippen LogP) is 1.39. The number of nitrogens with zero attached hydrogens (tertiary/aromatic N) is 2. The predicted molar refractivity (Wildman–Crippen MR) is 64.8 cm³/mol. The third-order valence-corrected chi connectivity index (χ3v) is 3.49. The molecular formula is C11H10N4OS. The number of anilines is 1. The van der Waals surface area contributed by atoms with Gasteiger partial charge in [0.15, 0.2) is 5.13 Å². The average Bonchev–Trinajstić information content (AvgIpc) is 2.90. The van der Waals surface area contributed by atoms with Crippen LogP contribution < -0.4 is 10.6 Å². The Kier molecular flexibility index (Phi) is 2.58. The number of carbonyl (C=O) groups is 1. The summed E-state index contributed by atoms with van der Waals surface area (Å²) in [4.78, 5) is 21.4. The van der Waals surface area contributed by atoms with Crippen molar-refractivity contribution in [2.45, 2.75) is 13.1 Å². The summed E-state index contributed by atoms with van der Waals surface area (Å²) in [5.74, 6) is -0.217. The molecule has 0 fully saturated rings. The van der Waals surface area contributed by atoms with Crippen molar-refractivity contribution in [3.63, 3.8) is 0 Å². The van der Waals surface area contributed by atoms with Gasteiger partial charge >= 0.3 is 0 Å². The molecule has 5 nitrogen and oxygen atoms in total. The second kappa shape index (κ2) is 4.23. The molecule has 0 unspecified atom stereocenters. The highest BCUT2D eigenvalue weighted by Crippen LogP contribution is 2.26. The molecule has 0 saturated heterocycles. The first kappa shape index (κ1) is 10.4. The number of carbonyl (C=O) groups excluding carboxylic acids is 1. The number of hydrogen-bond acceptors (Lipinski definition) is 5. The van der Waals surface area contributed by atoms with E-state index >= 15 is 0 Å². The van der Waals surface area contributed by atoms with Crippen LogP contribution in [0, 0.1) is 0 Å². The van der Waals surface area contributed by atoms with Crippen LogP contribution in [0.1, 0.15) is 21.1 Å². The van der Waals surface area contributed by atoms with E-state index in [0.29, 0.717) is 10.8 Å². The maximum Gasteiger partial charge on any atom is 0.276 e. The molecule has 17 heavy (non-hydrogen) atoms. The van der Waals surface area contributed by atoms with Gasteiger partial charge in [-0.2, -0.15) is 0 Å². The van der Waals surface area contributed by atoms with E-state index in [1.807, 2.05) is 0 Å². The van der Waals surface area contributed by atoms with Gasteiger partial charge in [-0.05, 0) is 12.1 Å². The fourth-order valence-electron chi connectivity index (χ4n) is 1.67. The number of fused-ring (bicyclic) bond motifs is 1. The first-order chi connectivity index (χ1) is 8.33. The Bertz CT molecular complexity index is 530. The number of nitrogens with one attached hydrogen (secondary N) is 2. The number of amides is 1. The molecule has 0 aromatic carbocycles. The summed E-state index contributed by atoms with van der Waals surface area (Å²) >= 11 is 1.51. The molecule has 1 aliphatic rings. The van der Waals surface area contributed by atoms with Crippen LogP contribution in [0.5, 0.6) is 0 Å². The van der Waals surface area contributed by atoms with Crippen molar-refractivity contribution in [1.29, 1.82) is 0 Å². The smallest absolute Gasteiger partial charge is 0.276 e. The van der Waals surface area contributed by atoms with Gasteiger partial charge < -0.3 is 5.32 Å². The minimum atomic E-state index is -0.217. The fourth-order valence-corrected chi connectivity index (χ4v) is 2.61. The van der Waals surface area contributed by atoms with Crippen LogP contribution in [0.3, 0.4) is 0 Å². The molecule has 3 rings (SSSR count). The van der Waals surface area contributed by atoms with Crippen LogP contribution in [-0.2, 0) is 13.1 Å². The Morgan fingerprint density at radius 3 is 3.12 bits per heavy atom. The van der Waals surface area contributed by atoms with Crippen LogP contribution in [0.2, 0.25) is 0 Å². The SMILES string of the molecule is O=C(Nc1nc2c(s1)CNC2)c1ccccn1. The molecule has 2 aromatic heterocycles. The van der Waals surface area contributed by atoms with E-state index in [1.165, 1.54) is 16.2 Å². The monoisotopic (exact) mass is 246 g/mol. The maximum absolute atomic E-state index is 11.8. The molecule has 6 heteroatoms. The lowest BCUT2D eigenvalue weighted by Gasteiger charge is -2.00. The van der Waals surface area contributed by atoms with Gasteiger partial charge in [-0.3, -0.25) is 15.1 Å². The number of thiazole rings is 1. The Morgan fingerprint density at radius 2 is 2.35 bits per heavy atom. The van der Waals surface area contributed by atoms with Gasteiger partial charge in [0.2, 0.25) is 0 Å². The Balaban J connectivity index is 1.77. The number of rotatable bonds is 2. The molecule has 0 atom stereocenters. The molecular weight excluding hydrogens is 236 g/mol. The van der Waals surface area contributed by atoms with Crippen LogP contribution in [0.4, 0.5) is 5.13 Å².